The van der Waals surface area contributed by atoms with Crippen LogP contribution in [0.5, 0.6) is 11.5 Å². The minimum atomic E-state index is -0.259. The molecule has 0 bridgehead atoms. The largest absolute Gasteiger partial charge is 0.493 e. The second kappa shape index (κ2) is 8.90. The molecule has 0 radical (unpaired) electrons. The lowest BCUT2D eigenvalue weighted by atomic mass is 10.1. The van der Waals surface area contributed by atoms with E-state index in [1.807, 2.05) is 67.9 Å². The van der Waals surface area contributed by atoms with Crippen LogP contribution < -0.4 is 15.2 Å². The average Bonchev–Trinajstić information content (AvgIpc) is 3.43. The Morgan fingerprint density at radius 1 is 0.914 bits per heavy atom. The first kappa shape index (κ1) is 22.6. The van der Waals surface area contributed by atoms with Gasteiger partial charge in [0.2, 0.25) is 0 Å². The first-order chi connectivity index (χ1) is 16.9. The quantitative estimate of drug-likeness (QED) is 0.360. The lowest BCUT2D eigenvalue weighted by molar-refractivity contribution is 0.355. The molecular formula is C26H28N6O3. The third-order valence-corrected chi connectivity index (χ3v) is 6.21. The van der Waals surface area contributed by atoms with Gasteiger partial charge in [0.05, 0.1) is 32.0 Å². The van der Waals surface area contributed by atoms with Crippen molar-refractivity contribution >= 4 is 16.6 Å². The summed E-state index contributed by atoms with van der Waals surface area (Å²) in [5.41, 5.74) is 5.16. The van der Waals surface area contributed by atoms with E-state index in [1.165, 1.54) is 4.52 Å². The summed E-state index contributed by atoms with van der Waals surface area (Å²) in [6, 6.07) is 13.9. The highest BCUT2D eigenvalue weighted by Gasteiger charge is 2.19. The molecule has 5 rings (SSSR count). The molecule has 180 valence electrons. The maximum Gasteiger partial charge on any atom is 0.351 e. The van der Waals surface area contributed by atoms with E-state index in [0.29, 0.717) is 48.0 Å². The second-order valence-corrected chi connectivity index (χ2v) is 8.74. The molecule has 0 aliphatic rings. The predicted octanol–water partition coefficient (Wildman–Crippen LogP) is 3.47. The summed E-state index contributed by atoms with van der Waals surface area (Å²) in [4.78, 5) is 18.4. The van der Waals surface area contributed by atoms with Gasteiger partial charge in [-0.05, 0) is 38.5 Å². The molecule has 0 atom stereocenters. The van der Waals surface area contributed by atoms with Crippen molar-refractivity contribution in [3.8, 4) is 11.5 Å². The van der Waals surface area contributed by atoms with E-state index in [-0.39, 0.29) is 5.69 Å². The Bertz CT molecular complexity index is 1590. The van der Waals surface area contributed by atoms with Gasteiger partial charge in [-0.1, -0.05) is 29.8 Å². The Balaban J connectivity index is 1.66. The van der Waals surface area contributed by atoms with Crippen molar-refractivity contribution in [2.75, 3.05) is 14.2 Å². The van der Waals surface area contributed by atoms with Gasteiger partial charge in [-0.2, -0.15) is 9.61 Å². The smallest absolute Gasteiger partial charge is 0.351 e. The van der Waals surface area contributed by atoms with Crippen LogP contribution >= 0.6 is 0 Å². The Morgan fingerprint density at radius 2 is 1.63 bits per heavy atom. The molecular weight excluding hydrogens is 444 g/mol. The van der Waals surface area contributed by atoms with Crippen molar-refractivity contribution in [1.29, 1.82) is 0 Å². The van der Waals surface area contributed by atoms with Gasteiger partial charge in [-0.3, -0.25) is 9.25 Å². The highest BCUT2D eigenvalue weighted by molar-refractivity contribution is 5.94. The molecule has 5 aromatic rings. The third kappa shape index (κ3) is 4.14. The van der Waals surface area contributed by atoms with E-state index in [0.717, 1.165) is 27.9 Å². The third-order valence-electron chi connectivity index (χ3n) is 6.21. The number of benzene rings is 2. The Hall–Kier alpha value is -4.14. The maximum absolute atomic E-state index is 13.6. The number of hydrogen-bond donors (Lipinski definition) is 0. The lowest BCUT2D eigenvalue weighted by Crippen LogP contribution is -2.28. The van der Waals surface area contributed by atoms with Crippen molar-refractivity contribution in [3.63, 3.8) is 0 Å². The Labute approximate surface area is 202 Å². The van der Waals surface area contributed by atoms with E-state index < -0.39 is 0 Å². The van der Waals surface area contributed by atoms with Gasteiger partial charge < -0.3 is 9.47 Å². The summed E-state index contributed by atoms with van der Waals surface area (Å²) >= 11 is 0. The normalized spacial score (nSPS) is 11.5. The minimum absolute atomic E-state index is 0.259. The van der Waals surface area contributed by atoms with Gasteiger partial charge in [-0.25, -0.2) is 9.78 Å². The fourth-order valence-corrected chi connectivity index (χ4v) is 4.39. The number of hydrogen-bond acceptors (Lipinski definition) is 6. The SMILES string of the molecule is COc1cc2c(cc1OC)n(Cc1ccc(C)cc1)c(=O)n1nc(CCn3nc(C)cc3C)nc21. The molecule has 3 heterocycles. The molecule has 0 saturated heterocycles. The molecule has 35 heavy (non-hydrogen) atoms. The summed E-state index contributed by atoms with van der Waals surface area (Å²) in [6.07, 6.45) is 0.551. The summed E-state index contributed by atoms with van der Waals surface area (Å²) in [5, 5.41) is 9.86. The van der Waals surface area contributed by atoms with Crippen LogP contribution in [0.3, 0.4) is 0 Å². The highest BCUT2D eigenvalue weighted by Crippen LogP contribution is 2.33. The maximum atomic E-state index is 13.6. The molecule has 0 unspecified atom stereocenters. The van der Waals surface area contributed by atoms with Gasteiger partial charge in [0.1, 0.15) is 0 Å². The summed E-state index contributed by atoms with van der Waals surface area (Å²) in [6.45, 7) is 7.05. The zero-order valence-electron chi connectivity index (χ0n) is 20.6. The number of aryl methyl sites for hydroxylation is 5. The number of aromatic nitrogens is 6. The molecule has 0 saturated carbocycles. The van der Waals surface area contributed by atoms with E-state index in [2.05, 4.69) is 10.2 Å². The first-order valence-corrected chi connectivity index (χ1v) is 11.5. The molecule has 0 fully saturated rings. The van der Waals surface area contributed by atoms with E-state index >= 15 is 0 Å². The highest BCUT2D eigenvalue weighted by atomic mass is 16.5. The van der Waals surface area contributed by atoms with E-state index in [1.54, 1.807) is 18.8 Å². The molecule has 0 aliphatic carbocycles. The number of fused-ring (bicyclic) bond motifs is 3. The van der Waals surface area contributed by atoms with Gasteiger partial charge >= 0.3 is 5.69 Å². The molecule has 2 aromatic carbocycles. The van der Waals surface area contributed by atoms with Gasteiger partial charge in [0.15, 0.2) is 23.0 Å². The Kier molecular flexibility index (Phi) is 5.76. The van der Waals surface area contributed by atoms with Gasteiger partial charge in [0.25, 0.3) is 0 Å². The van der Waals surface area contributed by atoms with Gasteiger partial charge in [-0.15, -0.1) is 5.10 Å². The van der Waals surface area contributed by atoms with Crippen LogP contribution in [0.2, 0.25) is 0 Å². The van der Waals surface area contributed by atoms with Crippen LogP contribution in [0.15, 0.2) is 47.3 Å². The number of nitrogens with zero attached hydrogens (tertiary/aromatic N) is 6. The molecule has 9 heteroatoms. The second-order valence-electron chi connectivity index (χ2n) is 8.74. The minimum Gasteiger partial charge on any atom is -0.493 e. The summed E-state index contributed by atoms with van der Waals surface area (Å²) < 4.78 is 16.1. The monoisotopic (exact) mass is 472 g/mol. The van der Waals surface area contributed by atoms with Crippen molar-refractivity contribution in [1.82, 2.24) is 28.9 Å². The van der Waals surface area contributed by atoms with Crippen LogP contribution in [0.1, 0.15) is 28.3 Å². The van der Waals surface area contributed by atoms with Crippen LogP contribution in [0.25, 0.3) is 16.6 Å². The van der Waals surface area contributed by atoms with Crippen molar-refractivity contribution < 1.29 is 9.47 Å². The number of methoxy groups -OCH3 is 2. The van der Waals surface area contributed by atoms with Crippen molar-refractivity contribution in [2.24, 2.45) is 0 Å². The van der Waals surface area contributed by atoms with Crippen LogP contribution in [0, 0.1) is 20.8 Å². The molecule has 0 aliphatic heterocycles. The zero-order valence-corrected chi connectivity index (χ0v) is 20.6. The summed E-state index contributed by atoms with van der Waals surface area (Å²) in [7, 11) is 3.17. The van der Waals surface area contributed by atoms with Crippen molar-refractivity contribution in [2.45, 2.75) is 40.3 Å². The molecule has 3 aromatic heterocycles. The molecule has 0 amide bonds. The topological polar surface area (TPSA) is 88.5 Å². The predicted molar refractivity (Wildman–Crippen MR) is 134 cm³/mol. The molecule has 0 N–H and O–H groups in total. The summed E-state index contributed by atoms with van der Waals surface area (Å²) in [5.74, 6) is 1.69. The van der Waals surface area contributed by atoms with E-state index in [4.69, 9.17) is 14.5 Å². The van der Waals surface area contributed by atoms with Crippen LogP contribution in [-0.4, -0.2) is 43.2 Å². The van der Waals surface area contributed by atoms with Crippen molar-refractivity contribution in [3.05, 3.63) is 81.3 Å². The fourth-order valence-electron chi connectivity index (χ4n) is 4.39. The number of ether oxygens (including phenoxy) is 2. The fraction of sp³-hybridized carbons (Fsp3) is 0.308. The van der Waals surface area contributed by atoms with Gasteiger partial charge in [0, 0.05) is 30.1 Å². The Morgan fingerprint density at radius 3 is 2.29 bits per heavy atom. The standard InChI is InChI=1S/C26H28N6O3/c1-16-6-8-19(9-7-16)15-30-21-14-23(35-5)22(34-4)13-20(21)25-27-24(29-32(25)26(30)33)10-11-31-18(3)12-17(2)28-31/h6-9,12-14H,10-11,15H2,1-5H3. The average molecular weight is 473 g/mol. The van der Waals surface area contributed by atoms with Crippen LogP contribution in [0.4, 0.5) is 0 Å². The van der Waals surface area contributed by atoms with Crippen LogP contribution in [-0.2, 0) is 19.5 Å². The molecule has 9 nitrogen and oxygen atoms in total. The lowest BCUT2D eigenvalue weighted by Gasteiger charge is -2.14. The molecule has 0 spiro atoms. The zero-order chi connectivity index (χ0) is 24.7. The van der Waals surface area contributed by atoms with E-state index in [9.17, 15) is 4.79 Å². The number of rotatable bonds is 7. The first-order valence-electron chi connectivity index (χ1n) is 11.5.